The molecule has 0 spiro atoms. The summed E-state index contributed by atoms with van der Waals surface area (Å²) < 4.78 is 0. The lowest BCUT2D eigenvalue weighted by Gasteiger charge is -2.25. The van der Waals surface area contributed by atoms with E-state index < -0.39 is 11.8 Å². The molecule has 4 nitrogen and oxygen atoms in total. The molecule has 1 aliphatic heterocycles. The zero-order valence-corrected chi connectivity index (χ0v) is 18.4. The normalized spacial score (nSPS) is 13.8. The van der Waals surface area contributed by atoms with Gasteiger partial charge in [-0.1, -0.05) is 83.9 Å². The van der Waals surface area contributed by atoms with Crippen LogP contribution in [0, 0.1) is 0 Å². The van der Waals surface area contributed by atoms with Crippen molar-refractivity contribution < 1.29 is 9.59 Å². The van der Waals surface area contributed by atoms with E-state index in [0.717, 1.165) is 10.5 Å². The van der Waals surface area contributed by atoms with Gasteiger partial charge < -0.3 is 4.90 Å². The number of hydrogen-bond donors (Lipinski definition) is 0. The Morgan fingerprint density at radius 1 is 0.839 bits per heavy atom. The monoisotopic (exact) mass is 450 g/mol. The maximum Gasteiger partial charge on any atom is 0.282 e. The molecule has 3 aromatic rings. The molecular formula is C25H20Cl2N2O2. The Morgan fingerprint density at radius 2 is 1.48 bits per heavy atom. The van der Waals surface area contributed by atoms with Crippen molar-refractivity contribution in [2.75, 3.05) is 11.4 Å². The van der Waals surface area contributed by atoms with Crippen LogP contribution >= 0.6 is 23.2 Å². The second-order valence-corrected chi connectivity index (χ2v) is 7.97. The van der Waals surface area contributed by atoms with E-state index in [4.69, 9.17) is 23.2 Å². The molecule has 156 valence electrons. The van der Waals surface area contributed by atoms with Crippen LogP contribution in [0.15, 0.2) is 84.6 Å². The number of likely N-dealkylation sites (N-methyl/N-ethyl adjacent to an activating group) is 1. The van der Waals surface area contributed by atoms with Gasteiger partial charge in [-0.05, 0) is 36.2 Å². The number of carbonyl (C=O) groups excluding carboxylic acids is 2. The first-order chi connectivity index (χ1) is 15.0. The zero-order valence-electron chi connectivity index (χ0n) is 16.9. The van der Waals surface area contributed by atoms with Crippen LogP contribution in [-0.4, -0.2) is 23.3 Å². The Labute approximate surface area is 191 Å². The van der Waals surface area contributed by atoms with Crippen molar-refractivity contribution in [3.8, 4) is 0 Å². The van der Waals surface area contributed by atoms with Crippen molar-refractivity contribution in [2.45, 2.75) is 13.5 Å². The van der Waals surface area contributed by atoms with Gasteiger partial charge in [-0.2, -0.15) is 0 Å². The molecule has 2 amide bonds. The van der Waals surface area contributed by atoms with Crippen molar-refractivity contribution in [1.82, 2.24) is 4.90 Å². The van der Waals surface area contributed by atoms with Crippen LogP contribution in [0.5, 0.6) is 0 Å². The predicted molar refractivity (Wildman–Crippen MR) is 125 cm³/mol. The molecule has 0 aliphatic carbocycles. The van der Waals surface area contributed by atoms with Gasteiger partial charge in [0, 0.05) is 18.1 Å². The second kappa shape index (κ2) is 8.96. The van der Waals surface area contributed by atoms with Gasteiger partial charge in [-0.15, -0.1) is 0 Å². The number of rotatable bonds is 6. The van der Waals surface area contributed by atoms with E-state index in [1.165, 1.54) is 0 Å². The third-order valence-corrected chi connectivity index (χ3v) is 5.74. The summed E-state index contributed by atoms with van der Waals surface area (Å²) in [7, 11) is 0. The van der Waals surface area contributed by atoms with Crippen LogP contribution in [0.1, 0.15) is 18.1 Å². The number of anilines is 1. The molecular weight excluding hydrogens is 431 g/mol. The lowest BCUT2D eigenvalue weighted by atomic mass is 10.0. The zero-order chi connectivity index (χ0) is 22.0. The molecule has 1 heterocycles. The number of nitrogens with zero attached hydrogens (tertiary/aromatic N) is 2. The van der Waals surface area contributed by atoms with Gasteiger partial charge in [0.1, 0.15) is 5.70 Å². The molecule has 0 saturated heterocycles. The molecule has 0 saturated carbocycles. The molecule has 0 atom stereocenters. The van der Waals surface area contributed by atoms with Gasteiger partial charge in [-0.25, -0.2) is 4.90 Å². The lowest BCUT2D eigenvalue weighted by molar-refractivity contribution is -0.120. The minimum absolute atomic E-state index is 0.281. The minimum atomic E-state index is -0.415. The number of benzene rings is 3. The Morgan fingerprint density at radius 3 is 2.13 bits per heavy atom. The van der Waals surface area contributed by atoms with Crippen molar-refractivity contribution in [1.29, 1.82) is 0 Å². The predicted octanol–water partition coefficient (Wildman–Crippen LogP) is 5.80. The van der Waals surface area contributed by atoms with Crippen LogP contribution in [0.3, 0.4) is 0 Å². The highest BCUT2D eigenvalue weighted by Gasteiger charge is 2.43. The van der Waals surface area contributed by atoms with Gasteiger partial charge in [0.2, 0.25) is 0 Å². The average molecular weight is 451 g/mol. The van der Waals surface area contributed by atoms with Crippen LogP contribution in [0.4, 0.5) is 5.69 Å². The Kier molecular flexibility index (Phi) is 6.12. The quantitative estimate of drug-likeness (QED) is 0.445. The summed E-state index contributed by atoms with van der Waals surface area (Å²) in [5, 5.41) is 0.678. The highest BCUT2D eigenvalue weighted by atomic mass is 35.5. The molecule has 3 aromatic carbocycles. The van der Waals surface area contributed by atoms with Crippen molar-refractivity contribution >= 4 is 46.3 Å². The number of imide groups is 1. The first-order valence-electron chi connectivity index (χ1n) is 9.93. The van der Waals surface area contributed by atoms with Crippen molar-refractivity contribution in [3.05, 3.63) is 106 Å². The first kappa shape index (κ1) is 21.2. The maximum atomic E-state index is 13.7. The average Bonchev–Trinajstić information content (AvgIpc) is 3.05. The second-order valence-electron chi connectivity index (χ2n) is 7.13. The van der Waals surface area contributed by atoms with Gasteiger partial charge in [0.15, 0.2) is 0 Å². The summed E-state index contributed by atoms with van der Waals surface area (Å²) >= 11 is 12.5. The van der Waals surface area contributed by atoms with Gasteiger partial charge in [-0.3, -0.25) is 9.59 Å². The molecule has 0 aromatic heterocycles. The van der Waals surface area contributed by atoms with E-state index in [1.807, 2.05) is 72.5 Å². The minimum Gasteiger partial charge on any atom is -0.362 e. The molecule has 0 radical (unpaired) electrons. The van der Waals surface area contributed by atoms with Gasteiger partial charge in [0.05, 0.1) is 16.3 Å². The van der Waals surface area contributed by atoms with Crippen molar-refractivity contribution in [2.24, 2.45) is 0 Å². The summed E-state index contributed by atoms with van der Waals surface area (Å²) in [6, 6.07) is 23.8. The fraction of sp³-hybridized carbons (Fsp3) is 0.120. The molecule has 0 unspecified atom stereocenters. The molecule has 6 heteroatoms. The summed E-state index contributed by atoms with van der Waals surface area (Å²) in [5.74, 6) is -0.826. The third kappa shape index (κ3) is 4.09. The molecule has 31 heavy (non-hydrogen) atoms. The summed E-state index contributed by atoms with van der Waals surface area (Å²) in [6.45, 7) is 3.02. The van der Waals surface area contributed by atoms with Crippen LogP contribution in [-0.2, 0) is 16.1 Å². The molecule has 1 aliphatic rings. The number of carbonyl (C=O) groups is 2. The molecule has 0 N–H and O–H groups in total. The van der Waals surface area contributed by atoms with E-state index >= 15 is 0 Å². The van der Waals surface area contributed by atoms with Crippen molar-refractivity contribution in [3.63, 3.8) is 0 Å². The lowest BCUT2D eigenvalue weighted by Crippen LogP contribution is -2.35. The van der Waals surface area contributed by atoms with Gasteiger partial charge >= 0.3 is 0 Å². The summed E-state index contributed by atoms with van der Waals surface area (Å²) in [4.78, 5) is 30.3. The van der Waals surface area contributed by atoms with E-state index in [0.29, 0.717) is 34.9 Å². The highest BCUT2D eigenvalue weighted by molar-refractivity contribution is 6.47. The van der Waals surface area contributed by atoms with E-state index in [9.17, 15) is 9.59 Å². The Bertz CT molecular complexity index is 1160. The van der Waals surface area contributed by atoms with Crippen LogP contribution in [0.2, 0.25) is 10.0 Å². The Balaban J connectivity index is 1.85. The molecule has 0 bridgehead atoms. The van der Waals surface area contributed by atoms with Gasteiger partial charge in [0.25, 0.3) is 11.8 Å². The maximum absolute atomic E-state index is 13.7. The number of amides is 2. The standard InChI is InChI=1S/C25H20Cl2N2O2/c1-2-28(16-17-9-5-3-6-10-17)23-22(18-11-7-4-8-12-18)24(30)29(25(23)31)21-15-19(26)13-14-20(21)27/h3-15H,2,16H2,1H3. The summed E-state index contributed by atoms with van der Waals surface area (Å²) in [6.07, 6.45) is 0. The summed E-state index contributed by atoms with van der Waals surface area (Å²) in [5.41, 5.74) is 2.73. The van der Waals surface area contributed by atoms with E-state index in [1.54, 1.807) is 18.2 Å². The first-order valence-corrected chi connectivity index (χ1v) is 10.7. The van der Waals surface area contributed by atoms with E-state index in [-0.39, 0.29) is 10.7 Å². The molecule has 0 fully saturated rings. The molecule has 4 rings (SSSR count). The Hall–Kier alpha value is -3.08. The third-order valence-electron chi connectivity index (χ3n) is 5.19. The topological polar surface area (TPSA) is 40.6 Å². The van der Waals surface area contributed by atoms with E-state index in [2.05, 4.69) is 0 Å². The fourth-order valence-electron chi connectivity index (χ4n) is 3.71. The largest absolute Gasteiger partial charge is 0.362 e. The SMILES string of the molecule is CCN(Cc1ccccc1)C1=C(c2ccccc2)C(=O)N(c2cc(Cl)ccc2Cl)C1=O. The smallest absolute Gasteiger partial charge is 0.282 e. The van der Waals surface area contributed by atoms with Crippen LogP contribution in [0.25, 0.3) is 5.57 Å². The van der Waals surface area contributed by atoms with Crippen LogP contribution < -0.4 is 4.90 Å². The fourth-order valence-corrected chi connectivity index (χ4v) is 4.07. The number of halogens is 2. The number of hydrogen-bond acceptors (Lipinski definition) is 3. The highest BCUT2D eigenvalue weighted by Crippen LogP contribution is 2.38.